The van der Waals surface area contributed by atoms with E-state index in [0.717, 1.165) is 5.56 Å². The Bertz CT molecular complexity index is 580. The summed E-state index contributed by atoms with van der Waals surface area (Å²) in [5.74, 6) is -0.168. The van der Waals surface area contributed by atoms with Gasteiger partial charge in [-0.05, 0) is 22.8 Å². The Morgan fingerprint density at radius 2 is 1.89 bits per heavy atom. The molecule has 2 rings (SSSR count). The summed E-state index contributed by atoms with van der Waals surface area (Å²) in [5, 5.41) is 3.96. The molecule has 2 aromatic rings. The van der Waals surface area contributed by atoms with Crippen LogP contribution in [0.25, 0.3) is 10.8 Å². The molecule has 0 aliphatic carbocycles. The standard InChI is InChI=1S/C15H19N3O/c1-18(2)17-15(19)14(16)10-11-7-8-12-5-3-4-6-13(12)9-11/h3-9,14H,10,16H2,1-2H3,(H,17,19). The molecule has 0 spiro atoms. The zero-order valence-electron chi connectivity index (χ0n) is 11.3. The van der Waals surface area contributed by atoms with E-state index in [1.54, 1.807) is 19.1 Å². The average Bonchev–Trinajstić information content (AvgIpc) is 2.37. The van der Waals surface area contributed by atoms with Gasteiger partial charge in [0.1, 0.15) is 0 Å². The van der Waals surface area contributed by atoms with Crippen molar-refractivity contribution in [1.29, 1.82) is 0 Å². The van der Waals surface area contributed by atoms with Gasteiger partial charge in [-0.15, -0.1) is 0 Å². The number of rotatable bonds is 4. The first-order valence-electron chi connectivity index (χ1n) is 6.27. The molecule has 1 atom stereocenters. The van der Waals surface area contributed by atoms with Crippen LogP contribution in [0.1, 0.15) is 5.56 Å². The molecule has 19 heavy (non-hydrogen) atoms. The van der Waals surface area contributed by atoms with Gasteiger partial charge < -0.3 is 5.73 Å². The number of hydrogen-bond acceptors (Lipinski definition) is 3. The van der Waals surface area contributed by atoms with Crippen LogP contribution in [0.4, 0.5) is 0 Å². The minimum absolute atomic E-state index is 0.168. The molecule has 0 aromatic heterocycles. The maximum Gasteiger partial charge on any atom is 0.251 e. The number of hydrazine groups is 1. The van der Waals surface area contributed by atoms with Gasteiger partial charge in [0, 0.05) is 14.1 Å². The van der Waals surface area contributed by atoms with Gasteiger partial charge in [0.05, 0.1) is 6.04 Å². The van der Waals surface area contributed by atoms with Crippen molar-refractivity contribution in [1.82, 2.24) is 10.4 Å². The van der Waals surface area contributed by atoms with Gasteiger partial charge in [-0.3, -0.25) is 10.2 Å². The summed E-state index contributed by atoms with van der Waals surface area (Å²) in [6, 6.07) is 13.8. The van der Waals surface area contributed by atoms with Crippen LogP contribution in [-0.2, 0) is 11.2 Å². The third kappa shape index (κ3) is 3.53. The third-order valence-electron chi connectivity index (χ3n) is 2.94. The number of benzene rings is 2. The molecule has 0 fully saturated rings. The molecule has 0 heterocycles. The highest BCUT2D eigenvalue weighted by Gasteiger charge is 2.14. The Kier molecular flexibility index (Phi) is 4.14. The molecular weight excluding hydrogens is 238 g/mol. The second kappa shape index (κ2) is 5.82. The summed E-state index contributed by atoms with van der Waals surface area (Å²) in [6.45, 7) is 0. The summed E-state index contributed by atoms with van der Waals surface area (Å²) in [4.78, 5) is 11.7. The molecule has 2 aromatic carbocycles. The summed E-state index contributed by atoms with van der Waals surface area (Å²) in [7, 11) is 3.53. The van der Waals surface area contributed by atoms with Crippen molar-refractivity contribution in [3.05, 3.63) is 48.0 Å². The summed E-state index contributed by atoms with van der Waals surface area (Å²) in [5.41, 5.74) is 9.64. The quantitative estimate of drug-likeness (QED) is 0.812. The van der Waals surface area contributed by atoms with Crippen molar-refractivity contribution in [3.63, 3.8) is 0 Å². The van der Waals surface area contributed by atoms with Crippen molar-refractivity contribution in [2.24, 2.45) is 5.73 Å². The first-order chi connectivity index (χ1) is 9.06. The molecule has 3 N–H and O–H groups in total. The molecule has 100 valence electrons. The molecule has 1 amide bonds. The monoisotopic (exact) mass is 257 g/mol. The topological polar surface area (TPSA) is 58.4 Å². The van der Waals surface area contributed by atoms with Crippen LogP contribution in [0.3, 0.4) is 0 Å². The Morgan fingerprint density at radius 3 is 2.58 bits per heavy atom. The molecule has 1 unspecified atom stereocenters. The summed E-state index contributed by atoms with van der Waals surface area (Å²) >= 11 is 0. The maximum atomic E-state index is 11.7. The van der Waals surface area contributed by atoms with E-state index >= 15 is 0 Å². The summed E-state index contributed by atoms with van der Waals surface area (Å²) < 4.78 is 0. The first kappa shape index (κ1) is 13.5. The van der Waals surface area contributed by atoms with E-state index in [2.05, 4.69) is 29.7 Å². The lowest BCUT2D eigenvalue weighted by atomic mass is 10.0. The van der Waals surface area contributed by atoms with Crippen LogP contribution in [0, 0.1) is 0 Å². The van der Waals surface area contributed by atoms with E-state index in [1.165, 1.54) is 10.8 Å². The van der Waals surface area contributed by atoms with E-state index in [4.69, 9.17) is 5.73 Å². The minimum Gasteiger partial charge on any atom is -0.320 e. The minimum atomic E-state index is -0.538. The van der Waals surface area contributed by atoms with Gasteiger partial charge in [0.2, 0.25) is 0 Å². The highest BCUT2D eigenvalue weighted by Crippen LogP contribution is 2.16. The van der Waals surface area contributed by atoms with Crippen molar-refractivity contribution in [2.75, 3.05) is 14.1 Å². The van der Waals surface area contributed by atoms with Crippen LogP contribution in [0.5, 0.6) is 0 Å². The number of hydrogen-bond donors (Lipinski definition) is 2. The van der Waals surface area contributed by atoms with E-state index in [0.29, 0.717) is 6.42 Å². The van der Waals surface area contributed by atoms with Crippen molar-refractivity contribution >= 4 is 16.7 Å². The molecule has 4 heteroatoms. The number of nitrogens with zero attached hydrogens (tertiary/aromatic N) is 1. The fourth-order valence-corrected chi connectivity index (χ4v) is 2.02. The lowest BCUT2D eigenvalue weighted by Crippen LogP contribution is -2.47. The van der Waals surface area contributed by atoms with E-state index in [1.807, 2.05) is 18.2 Å². The Balaban J connectivity index is 2.10. The normalized spacial score (nSPS) is 12.6. The van der Waals surface area contributed by atoms with Gasteiger partial charge in [0.25, 0.3) is 5.91 Å². The highest BCUT2D eigenvalue weighted by molar-refractivity contribution is 5.84. The fourth-order valence-electron chi connectivity index (χ4n) is 2.02. The molecule has 0 saturated carbocycles. The molecule has 0 aliphatic rings. The zero-order valence-corrected chi connectivity index (χ0v) is 11.3. The molecule has 0 aliphatic heterocycles. The summed E-state index contributed by atoms with van der Waals surface area (Å²) in [6.07, 6.45) is 0.532. The van der Waals surface area contributed by atoms with Crippen LogP contribution >= 0.6 is 0 Å². The van der Waals surface area contributed by atoms with E-state index in [-0.39, 0.29) is 5.91 Å². The largest absolute Gasteiger partial charge is 0.320 e. The van der Waals surface area contributed by atoms with Crippen molar-refractivity contribution in [2.45, 2.75) is 12.5 Å². The van der Waals surface area contributed by atoms with Crippen LogP contribution in [0.2, 0.25) is 0 Å². The number of carbonyl (C=O) groups is 1. The zero-order chi connectivity index (χ0) is 13.8. The van der Waals surface area contributed by atoms with Gasteiger partial charge in [-0.25, -0.2) is 5.01 Å². The highest BCUT2D eigenvalue weighted by atomic mass is 16.2. The molecular formula is C15H19N3O. The second-order valence-electron chi connectivity index (χ2n) is 4.86. The molecule has 0 radical (unpaired) electrons. The first-order valence-corrected chi connectivity index (χ1v) is 6.27. The van der Waals surface area contributed by atoms with Crippen LogP contribution in [-0.4, -0.2) is 31.1 Å². The lowest BCUT2D eigenvalue weighted by molar-refractivity contribution is -0.126. The predicted molar refractivity (Wildman–Crippen MR) is 77.5 cm³/mol. The lowest BCUT2D eigenvalue weighted by Gasteiger charge is -2.16. The average molecular weight is 257 g/mol. The maximum absolute atomic E-state index is 11.7. The predicted octanol–water partition coefficient (Wildman–Crippen LogP) is 1.30. The van der Waals surface area contributed by atoms with E-state index < -0.39 is 6.04 Å². The van der Waals surface area contributed by atoms with Gasteiger partial charge in [-0.1, -0.05) is 42.5 Å². The number of nitrogens with one attached hydrogen (secondary N) is 1. The molecule has 4 nitrogen and oxygen atoms in total. The second-order valence-corrected chi connectivity index (χ2v) is 4.86. The Labute approximate surface area is 113 Å². The van der Waals surface area contributed by atoms with Crippen molar-refractivity contribution < 1.29 is 4.79 Å². The van der Waals surface area contributed by atoms with Gasteiger partial charge in [0.15, 0.2) is 0 Å². The Morgan fingerprint density at radius 1 is 1.21 bits per heavy atom. The third-order valence-corrected chi connectivity index (χ3v) is 2.94. The van der Waals surface area contributed by atoms with E-state index in [9.17, 15) is 4.79 Å². The van der Waals surface area contributed by atoms with Gasteiger partial charge >= 0.3 is 0 Å². The molecule has 0 saturated heterocycles. The fraction of sp³-hybridized carbons (Fsp3) is 0.267. The number of carbonyl (C=O) groups excluding carboxylic acids is 1. The Hall–Kier alpha value is -1.91. The number of fused-ring (bicyclic) bond motifs is 1. The smallest absolute Gasteiger partial charge is 0.251 e. The molecule has 0 bridgehead atoms. The van der Waals surface area contributed by atoms with Crippen LogP contribution in [0.15, 0.2) is 42.5 Å². The number of nitrogens with two attached hydrogens (primary N) is 1. The number of amides is 1. The van der Waals surface area contributed by atoms with Crippen molar-refractivity contribution in [3.8, 4) is 0 Å². The van der Waals surface area contributed by atoms with Crippen LogP contribution < -0.4 is 11.2 Å². The SMILES string of the molecule is CN(C)NC(=O)C(N)Cc1ccc2ccccc2c1. The van der Waals surface area contributed by atoms with Gasteiger partial charge in [-0.2, -0.15) is 0 Å².